The molecule has 196 valence electrons. The first-order valence-electron chi connectivity index (χ1n) is 12.6. The number of alkyl halides is 3. The number of halogens is 3. The lowest BCUT2D eigenvalue weighted by Gasteiger charge is -2.35. The highest BCUT2D eigenvalue weighted by Gasteiger charge is 2.42. The summed E-state index contributed by atoms with van der Waals surface area (Å²) in [7, 11) is 1.75. The Balaban J connectivity index is 1.39. The Morgan fingerprint density at radius 1 is 1.08 bits per heavy atom. The van der Waals surface area contributed by atoms with Gasteiger partial charge in [-0.1, -0.05) is 6.92 Å². The summed E-state index contributed by atoms with van der Waals surface area (Å²) < 4.78 is 40.3. The monoisotopic (exact) mass is 506 g/mol. The van der Waals surface area contributed by atoms with Gasteiger partial charge in [-0.05, 0) is 75.8 Å². The van der Waals surface area contributed by atoms with Crippen molar-refractivity contribution in [1.82, 2.24) is 20.2 Å². The second-order valence-electron chi connectivity index (χ2n) is 10.5. The molecule has 2 aliphatic carbocycles. The molecule has 36 heavy (non-hydrogen) atoms. The van der Waals surface area contributed by atoms with Crippen LogP contribution in [0.2, 0.25) is 0 Å². The fourth-order valence-corrected chi connectivity index (χ4v) is 5.76. The van der Waals surface area contributed by atoms with Gasteiger partial charge in [-0.2, -0.15) is 13.2 Å². The van der Waals surface area contributed by atoms with E-state index in [9.17, 15) is 27.6 Å². The predicted molar refractivity (Wildman–Crippen MR) is 129 cm³/mol. The Morgan fingerprint density at radius 2 is 1.78 bits per heavy atom. The molecule has 10 heteroatoms. The third kappa shape index (κ3) is 5.57. The van der Waals surface area contributed by atoms with Crippen molar-refractivity contribution in [2.45, 2.75) is 76.9 Å². The average molecular weight is 507 g/mol. The van der Waals surface area contributed by atoms with Crippen LogP contribution in [0, 0.1) is 24.7 Å². The number of rotatable bonds is 3. The zero-order chi connectivity index (χ0) is 26.2. The summed E-state index contributed by atoms with van der Waals surface area (Å²) in [6, 6.07) is 2.92. The molecule has 3 atom stereocenters. The minimum Gasteiger partial charge on any atom is -0.335 e. The van der Waals surface area contributed by atoms with Crippen LogP contribution >= 0.6 is 0 Å². The van der Waals surface area contributed by atoms with Crippen molar-refractivity contribution in [3.63, 3.8) is 0 Å². The number of carbonyl (C=O) groups excluding carboxylic acids is 2. The summed E-state index contributed by atoms with van der Waals surface area (Å²) in [5.74, 6) is -2.33. The van der Waals surface area contributed by atoms with Crippen LogP contribution < -0.4 is 16.2 Å². The number of aryl methyl sites for hydroxylation is 2. The summed E-state index contributed by atoms with van der Waals surface area (Å²) >= 11 is 0. The lowest BCUT2D eigenvalue weighted by Crippen LogP contribution is -2.49. The van der Waals surface area contributed by atoms with Crippen LogP contribution in [0.25, 0.3) is 10.9 Å². The van der Waals surface area contributed by atoms with E-state index in [2.05, 4.69) is 22.5 Å². The van der Waals surface area contributed by atoms with Crippen molar-refractivity contribution in [3.8, 4) is 0 Å². The first kappa shape index (κ1) is 26.2. The van der Waals surface area contributed by atoms with Crippen LogP contribution in [0.4, 0.5) is 18.0 Å². The average Bonchev–Trinajstić information content (AvgIpc) is 2.82. The van der Waals surface area contributed by atoms with Gasteiger partial charge in [0.2, 0.25) is 5.91 Å². The fraction of sp³-hybridized carbons (Fsp3) is 0.615. The maximum Gasteiger partial charge on any atom is 0.391 e. The largest absolute Gasteiger partial charge is 0.391 e. The minimum atomic E-state index is -4.24. The normalized spacial score (nSPS) is 27.0. The van der Waals surface area contributed by atoms with Gasteiger partial charge in [0.15, 0.2) is 0 Å². The van der Waals surface area contributed by atoms with Crippen molar-refractivity contribution in [1.29, 1.82) is 0 Å². The van der Waals surface area contributed by atoms with Gasteiger partial charge in [0, 0.05) is 41.8 Å². The second-order valence-corrected chi connectivity index (χ2v) is 10.5. The molecule has 0 spiro atoms. The molecule has 2 heterocycles. The highest BCUT2D eigenvalue weighted by Crippen LogP contribution is 2.40. The van der Waals surface area contributed by atoms with E-state index in [1.165, 1.54) is 0 Å². The molecule has 7 nitrogen and oxygen atoms in total. The van der Waals surface area contributed by atoms with Crippen molar-refractivity contribution in [2.24, 2.45) is 24.8 Å². The number of urea groups is 1. The summed E-state index contributed by atoms with van der Waals surface area (Å²) in [5.41, 5.74) is 2.26. The predicted octanol–water partition coefficient (Wildman–Crippen LogP) is 4.71. The van der Waals surface area contributed by atoms with E-state index >= 15 is 0 Å². The Kier molecular flexibility index (Phi) is 7.43. The molecular weight excluding hydrogens is 473 g/mol. The molecule has 2 aromatic heterocycles. The highest BCUT2D eigenvalue weighted by atomic mass is 19.4. The molecule has 3 unspecified atom stereocenters. The Labute approximate surface area is 207 Å². The van der Waals surface area contributed by atoms with E-state index in [1.54, 1.807) is 17.8 Å². The molecule has 2 fully saturated rings. The molecule has 2 aliphatic rings. The van der Waals surface area contributed by atoms with Crippen LogP contribution in [-0.2, 0) is 11.8 Å². The van der Waals surface area contributed by atoms with Crippen molar-refractivity contribution in [2.75, 3.05) is 0 Å². The maximum absolute atomic E-state index is 13.2. The number of pyridine rings is 2. The third-order valence-electron chi connectivity index (χ3n) is 8.00. The molecule has 3 amide bonds. The topological polar surface area (TPSA) is 93.1 Å². The summed E-state index contributed by atoms with van der Waals surface area (Å²) in [5, 5.41) is 6.05. The van der Waals surface area contributed by atoms with Crippen LogP contribution in [0.1, 0.15) is 69.0 Å². The van der Waals surface area contributed by atoms with E-state index in [0.29, 0.717) is 18.4 Å². The lowest BCUT2D eigenvalue weighted by atomic mass is 9.74. The third-order valence-corrected chi connectivity index (χ3v) is 8.00. The van der Waals surface area contributed by atoms with Crippen molar-refractivity contribution >= 4 is 22.8 Å². The van der Waals surface area contributed by atoms with E-state index < -0.39 is 30.0 Å². The van der Waals surface area contributed by atoms with Crippen LogP contribution in [-0.4, -0.2) is 33.7 Å². The van der Waals surface area contributed by atoms with E-state index in [0.717, 1.165) is 23.0 Å². The van der Waals surface area contributed by atoms with Crippen LogP contribution in [0.3, 0.4) is 0 Å². The van der Waals surface area contributed by atoms with Gasteiger partial charge in [0.1, 0.15) is 0 Å². The Hall–Kier alpha value is -2.91. The molecule has 2 N–H and O–H groups in total. The summed E-state index contributed by atoms with van der Waals surface area (Å²) in [4.78, 5) is 42.6. The molecule has 2 saturated carbocycles. The molecular formula is C26H33F3N4O3. The smallest absolute Gasteiger partial charge is 0.335 e. The van der Waals surface area contributed by atoms with Gasteiger partial charge in [-0.25, -0.2) is 4.79 Å². The fourth-order valence-electron chi connectivity index (χ4n) is 5.76. The molecule has 2 aromatic rings. The zero-order valence-electron chi connectivity index (χ0n) is 20.8. The molecule has 4 rings (SSSR count). The Bertz CT molecular complexity index is 1200. The van der Waals surface area contributed by atoms with Crippen LogP contribution in [0.15, 0.2) is 23.1 Å². The quantitative estimate of drug-likeness (QED) is 0.631. The number of amides is 3. The number of aromatic nitrogens is 2. The van der Waals surface area contributed by atoms with Crippen LogP contribution in [0.5, 0.6) is 0 Å². The number of hydrogen-bond acceptors (Lipinski definition) is 4. The maximum atomic E-state index is 13.2. The highest BCUT2D eigenvalue weighted by molar-refractivity contribution is 5.95. The molecule has 0 bridgehead atoms. The van der Waals surface area contributed by atoms with E-state index in [-0.39, 0.29) is 49.1 Å². The van der Waals surface area contributed by atoms with Gasteiger partial charge >= 0.3 is 12.2 Å². The number of hydrogen-bond donors (Lipinski definition) is 2. The summed E-state index contributed by atoms with van der Waals surface area (Å²) in [6.45, 7) is 3.97. The van der Waals surface area contributed by atoms with Gasteiger partial charge in [-0.15, -0.1) is 0 Å². The van der Waals surface area contributed by atoms with Crippen molar-refractivity contribution in [3.05, 3.63) is 39.9 Å². The molecule has 0 radical (unpaired) electrons. The minimum absolute atomic E-state index is 0.0678. The molecule has 0 aliphatic heterocycles. The zero-order valence-corrected chi connectivity index (χ0v) is 20.8. The first-order valence-corrected chi connectivity index (χ1v) is 12.6. The van der Waals surface area contributed by atoms with Gasteiger partial charge in [-0.3, -0.25) is 19.9 Å². The second kappa shape index (κ2) is 10.2. The van der Waals surface area contributed by atoms with Crippen molar-refractivity contribution < 1.29 is 22.8 Å². The van der Waals surface area contributed by atoms with Gasteiger partial charge in [0.05, 0.1) is 11.4 Å². The Morgan fingerprint density at radius 3 is 2.44 bits per heavy atom. The van der Waals surface area contributed by atoms with E-state index in [1.807, 2.05) is 19.1 Å². The number of nitrogens with one attached hydrogen (secondary N) is 2. The first-order chi connectivity index (χ1) is 16.9. The number of nitrogens with zero attached hydrogens (tertiary/aromatic N) is 2. The van der Waals surface area contributed by atoms with Gasteiger partial charge in [0.25, 0.3) is 5.56 Å². The lowest BCUT2D eigenvalue weighted by molar-refractivity contribution is -0.184. The number of fused-ring (bicyclic) bond motifs is 1. The number of imide groups is 1. The standard InChI is InChI=1S/C26H33F3N4O3/c1-14-4-9-19(31-25(36)32-23(34)16-5-7-18(8-6-16)26(27,28)29)12-20(14)21-11-17-13-30-15(2)10-22(17)33(3)24(21)35/h10-11,13-14,16,18-20H,4-9,12H2,1-3H3,(H2,31,32,34,36). The molecule has 0 saturated heterocycles. The van der Waals surface area contributed by atoms with E-state index in [4.69, 9.17) is 0 Å². The molecule has 0 aromatic carbocycles. The number of carbonyl (C=O) groups is 2. The van der Waals surface area contributed by atoms with Gasteiger partial charge < -0.3 is 9.88 Å². The SMILES string of the molecule is Cc1cc2c(cn1)cc(C1CC(NC(=O)NC(=O)C3CCC(C(F)(F)F)CC3)CCC1C)c(=O)n2C. The summed E-state index contributed by atoms with van der Waals surface area (Å²) in [6.07, 6.45) is -0.365.